The van der Waals surface area contributed by atoms with Gasteiger partial charge in [0.2, 0.25) is 82.7 Å². The Morgan fingerprint density at radius 3 is 1.59 bits per heavy atom. The number of H-pyrrole nitrogens is 2. The maximum absolute atomic E-state index is 15.0. The van der Waals surface area contributed by atoms with E-state index >= 15 is 4.79 Å². The van der Waals surface area contributed by atoms with Gasteiger partial charge in [0.25, 0.3) is 0 Å². The predicted octanol–water partition coefficient (Wildman–Crippen LogP) is -4.12. The van der Waals surface area contributed by atoms with Crippen LogP contribution in [-0.2, 0) is 109 Å². The molecule has 0 spiro atoms. The molecule has 0 bridgehead atoms. The van der Waals surface area contributed by atoms with Crippen LogP contribution in [0.3, 0.4) is 0 Å². The van der Waals surface area contributed by atoms with Crippen molar-refractivity contribution in [3.8, 4) is 0 Å². The molecule has 0 aliphatic carbocycles. The first-order valence-corrected chi connectivity index (χ1v) is 38.0. The number of cyclic esters (lactones) is 1. The lowest BCUT2D eigenvalue weighted by molar-refractivity contribution is -0.156. The Bertz CT molecular complexity index is 4240. The van der Waals surface area contributed by atoms with Crippen LogP contribution in [0, 0.1) is 11.8 Å². The van der Waals surface area contributed by atoms with Crippen molar-refractivity contribution < 1.29 is 121 Å². The van der Waals surface area contributed by atoms with Gasteiger partial charge in [0, 0.05) is 53.5 Å². The minimum Gasteiger partial charge on any atom is -0.481 e. The van der Waals surface area contributed by atoms with E-state index in [0.29, 0.717) is 46.1 Å². The molecule has 1 aliphatic rings. The molecule has 117 heavy (non-hydrogen) atoms. The van der Waals surface area contributed by atoms with E-state index in [2.05, 4.69) is 82.3 Å². The topological polar surface area (TPSA) is 675 Å². The van der Waals surface area contributed by atoms with Crippen LogP contribution in [0.4, 0.5) is 0 Å². The molecule has 13 unspecified atom stereocenters. The molecular weight excluding hydrogens is 1540 g/mol. The summed E-state index contributed by atoms with van der Waals surface area (Å²) in [5.41, 5.74) is 13.3. The summed E-state index contributed by atoms with van der Waals surface area (Å²) in [6, 6.07) is -8.42. The van der Waals surface area contributed by atoms with E-state index in [4.69, 9.17) is 16.2 Å². The molecular formula is C75H105N17O25. The summed E-state index contributed by atoms with van der Waals surface area (Å²) in [5, 5.41) is 80.1. The normalized spacial score (nSPS) is 21.2. The molecule has 13 atom stereocenters. The molecule has 42 heteroatoms. The van der Waals surface area contributed by atoms with Gasteiger partial charge in [0.05, 0.1) is 51.8 Å². The number of para-hydroxylation sites is 2. The Morgan fingerprint density at radius 1 is 0.513 bits per heavy atom. The van der Waals surface area contributed by atoms with Gasteiger partial charge in [-0.2, -0.15) is 0 Å². The van der Waals surface area contributed by atoms with E-state index in [1.165, 1.54) is 13.1 Å². The van der Waals surface area contributed by atoms with Crippen molar-refractivity contribution in [2.45, 2.75) is 216 Å². The fraction of sp³-hybridized carbons (Fsp3) is 0.533. The highest BCUT2D eigenvalue weighted by molar-refractivity contribution is 6.02. The molecule has 0 radical (unpaired) electrons. The second-order valence-corrected chi connectivity index (χ2v) is 28.8. The maximum atomic E-state index is 15.0. The van der Waals surface area contributed by atoms with E-state index in [-0.39, 0.29) is 37.8 Å². The van der Waals surface area contributed by atoms with Gasteiger partial charge in [0.1, 0.15) is 72.6 Å². The van der Waals surface area contributed by atoms with Crippen LogP contribution in [0.2, 0.25) is 0 Å². The molecule has 24 N–H and O–H groups in total. The molecule has 14 amide bonds. The number of hydrogen-bond donors (Lipinski definition) is 22. The molecule has 4 aromatic rings. The van der Waals surface area contributed by atoms with Crippen LogP contribution in [0.25, 0.3) is 21.8 Å². The minimum atomic E-state index is -2.36. The van der Waals surface area contributed by atoms with Crippen LogP contribution in [-0.4, -0.2) is 247 Å². The smallest absolute Gasteiger partial charge is 0.329 e. The van der Waals surface area contributed by atoms with Crippen molar-refractivity contribution in [2.24, 2.45) is 23.3 Å². The predicted molar refractivity (Wildman–Crippen MR) is 412 cm³/mol. The number of nitrogens with one attached hydrogen (secondary N) is 15. The average Bonchev–Trinajstić information content (AvgIpc) is 1.72. The Hall–Kier alpha value is -12.6. The fourth-order valence-electron chi connectivity index (χ4n) is 12.5. The number of carboxylic acid groups (broad SMARTS) is 4. The number of esters is 1. The van der Waals surface area contributed by atoms with Gasteiger partial charge in [0.15, 0.2) is 0 Å². The number of amides is 14. The number of aliphatic carboxylic acids is 4. The van der Waals surface area contributed by atoms with Crippen molar-refractivity contribution in [1.82, 2.24) is 79.1 Å². The van der Waals surface area contributed by atoms with Crippen molar-refractivity contribution in [3.63, 3.8) is 0 Å². The number of carbonyl (C=O) groups is 19. The largest absolute Gasteiger partial charge is 0.481 e. The van der Waals surface area contributed by atoms with Crippen LogP contribution >= 0.6 is 0 Å². The van der Waals surface area contributed by atoms with Gasteiger partial charge >= 0.3 is 29.8 Å². The molecule has 42 nitrogen and oxygen atoms in total. The number of ether oxygens (including phenoxy) is 1. The summed E-state index contributed by atoms with van der Waals surface area (Å²) in [6.07, 6.45) is 0.207. The summed E-state index contributed by atoms with van der Waals surface area (Å²) in [7, 11) is 0. The summed E-state index contributed by atoms with van der Waals surface area (Å²) < 4.78 is 5.85. The number of aliphatic hydroxyl groups excluding tert-OH is 1. The molecule has 1 aliphatic heterocycles. The lowest BCUT2D eigenvalue weighted by Gasteiger charge is -2.30. The maximum Gasteiger partial charge on any atom is 0.329 e. The van der Waals surface area contributed by atoms with Crippen molar-refractivity contribution in [2.75, 3.05) is 26.2 Å². The van der Waals surface area contributed by atoms with E-state index < -0.39 is 249 Å². The number of benzene rings is 2. The van der Waals surface area contributed by atoms with E-state index in [1.54, 1.807) is 54.7 Å². The number of aliphatic hydroxyl groups is 1. The first kappa shape index (κ1) is 95.0. The van der Waals surface area contributed by atoms with Crippen LogP contribution in [0.5, 0.6) is 0 Å². The van der Waals surface area contributed by atoms with Gasteiger partial charge in [-0.05, 0) is 74.8 Å². The van der Waals surface area contributed by atoms with Gasteiger partial charge in [-0.1, -0.05) is 95.7 Å². The summed E-state index contributed by atoms with van der Waals surface area (Å²) in [6.45, 7) is 3.67. The molecule has 640 valence electrons. The zero-order chi connectivity index (χ0) is 86.8. The van der Waals surface area contributed by atoms with Gasteiger partial charge in [-0.25, -0.2) is 4.79 Å². The Labute approximate surface area is 670 Å². The second-order valence-electron chi connectivity index (χ2n) is 28.8. The molecule has 0 saturated carbocycles. The highest BCUT2D eigenvalue weighted by atomic mass is 16.5. The van der Waals surface area contributed by atoms with E-state index in [0.717, 1.165) is 46.0 Å². The minimum absolute atomic E-state index is 0.00497. The molecule has 1 saturated heterocycles. The SMILES string of the molecule is CC(C)CCCCCCCCC(=O)NC(Cc1c[nH]c2ccccc12)C(=O)NC(CC(N)=O)C(=O)NC(CC(=O)O)C(=O)NC1C(=O)NCC(=O)NC(CCCN)C(=O)NC(CC(=O)O)C(=O)NC(C)C(=O)NC(CC(=O)O)C(=O)NCC(=O)NC(CO)C(=O)NC(C(C)CC(=O)O)C(=O)NC(Cc2c[nH]c3ccccc23)C(=O)OC1C. The third kappa shape index (κ3) is 31.9. The summed E-state index contributed by atoms with van der Waals surface area (Å²) in [5.74, 6) is -27.0. The standard InChI is InChI=1S/C75H105N17O25/c1-37(2)17-10-8-6-7-9-11-23-56(95)84-48(26-41-32-78-45-20-14-12-18-43(41)45)69(110)87-49(28-55(77)94)70(111)89-52(31-62(104)105)71(112)92-64-40(5)117-75(116)53(27-42-33-79-46-21-15-13-19-44(42)46)90-74(115)63(38(3)25-59(98)99)91-72(113)54(36-93)85-58(97)34-80-66(107)50(29-60(100)101)86-65(106)39(4)82-68(109)51(30-61(102)103)88-67(108)47(22-16-24-76)83-57(96)35-81-73(64)114/h12-15,18-21,32-33,37-40,47-54,63-64,78-79,93H,6-11,16-17,22-31,34-36,76H2,1-5H3,(H2,77,94)(H,80,107)(H,81,114)(H,82,109)(H,83,96)(H,84,95)(H,85,97)(H,86,106)(H,87,110)(H,88,108)(H,89,111)(H,90,115)(H,91,113)(H,92,112)(H,98,99)(H,100,101)(H,102,103)(H,104,105). The molecule has 2 aromatic carbocycles. The number of carbonyl (C=O) groups excluding carboxylic acids is 15. The van der Waals surface area contributed by atoms with Crippen LogP contribution in [0.1, 0.15) is 142 Å². The molecule has 1 fully saturated rings. The van der Waals surface area contributed by atoms with Crippen LogP contribution in [0.15, 0.2) is 60.9 Å². The third-order valence-corrected chi connectivity index (χ3v) is 18.7. The van der Waals surface area contributed by atoms with Crippen molar-refractivity contribution in [1.29, 1.82) is 0 Å². The average molecular weight is 1640 g/mol. The first-order valence-electron chi connectivity index (χ1n) is 38.0. The lowest BCUT2D eigenvalue weighted by atomic mass is 9.96. The number of aromatic amines is 2. The first-order chi connectivity index (χ1) is 55.4. The Balaban J connectivity index is 1.58. The number of nitrogens with two attached hydrogens (primary N) is 2. The highest BCUT2D eigenvalue weighted by Crippen LogP contribution is 2.23. The number of aromatic nitrogens is 2. The molecule has 5 rings (SSSR count). The molecule has 3 heterocycles. The summed E-state index contributed by atoms with van der Waals surface area (Å²) in [4.78, 5) is 266. The third-order valence-electron chi connectivity index (χ3n) is 18.7. The van der Waals surface area contributed by atoms with Gasteiger partial charge < -0.3 is 121 Å². The second kappa shape index (κ2) is 47.3. The number of primary amides is 1. The van der Waals surface area contributed by atoms with Crippen LogP contribution < -0.4 is 80.6 Å². The lowest BCUT2D eigenvalue weighted by Crippen LogP contribution is -2.62. The van der Waals surface area contributed by atoms with Crippen molar-refractivity contribution in [3.05, 3.63) is 72.1 Å². The Morgan fingerprint density at radius 2 is 1.02 bits per heavy atom. The van der Waals surface area contributed by atoms with E-state index in [9.17, 15) is 112 Å². The fourth-order valence-corrected chi connectivity index (χ4v) is 12.5. The zero-order valence-electron chi connectivity index (χ0n) is 65.3. The monoisotopic (exact) mass is 1640 g/mol. The summed E-state index contributed by atoms with van der Waals surface area (Å²) >= 11 is 0. The number of rotatable bonds is 35. The Kier molecular flexibility index (Phi) is 38.4. The van der Waals surface area contributed by atoms with Crippen molar-refractivity contribution >= 4 is 134 Å². The quantitative estimate of drug-likeness (QED) is 0.0154. The number of carboxylic acids is 4. The number of hydrogen-bond acceptors (Lipinski definition) is 22. The van der Waals surface area contributed by atoms with E-state index in [1.807, 2.05) is 10.6 Å². The highest BCUT2D eigenvalue weighted by Gasteiger charge is 2.41. The molecule has 2 aromatic heterocycles. The van der Waals surface area contributed by atoms with Gasteiger partial charge in [-0.15, -0.1) is 0 Å². The van der Waals surface area contributed by atoms with Gasteiger partial charge in [-0.3, -0.25) is 86.3 Å². The number of fused-ring (bicyclic) bond motifs is 2. The zero-order valence-corrected chi connectivity index (χ0v) is 65.3. The number of unbranched alkanes of at least 4 members (excludes halogenated alkanes) is 5.